The maximum absolute atomic E-state index is 5.56. The van der Waals surface area contributed by atoms with Crippen LogP contribution in [0.5, 0.6) is 0 Å². The quantitative estimate of drug-likeness (QED) is 0.796. The molecule has 2 heteroatoms. The Hall–Kier alpha value is -0.0800. The molecule has 0 aromatic heterocycles. The van der Waals surface area contributed by atoms with Crippen LogP contribution in [0, 0.1) is 11.3 Å². The van der Waals surface area contributed by atoms with Crippen LogP contribution in [0.3, 0.4) is 0 Å². The van der Waals surface area contributed by atoms with E-state index in [1.54, 1.807) is 0 Å². The van der Waals surface area contributed by atoms with Crippen LogP contribution in [-0.2, 0) is 4.74 Å². The Morgan fingerprint density at radius 3 is 2.44 bits per heavy atom. The minimum absolute atomic E-state index is 0.393. The molecule has 0 amide bonds. The van der Waals surface area contributed by atoms with Gasteiger partial charge in [0.2, 0.25) is 0 Å². The second kappa shape index (κ2) is 6.02. The summed E-state index contributed by atoms with van der Waals surface area (Å²) in [5.74, 6) is 0.701. The van der Waals surface area contributed by atoms with Crippen molar-refractivity contribution < 1.29 is 4.74 Å². The van der Waals surface area contributed by atoms with Crippen molar-refractivity contribution in [3.8, 4) is 0 Å². The predicted octanol–water partition coefficient (Wildman–Crippen LogP) is 3.22. The molecule has 96 valence electrons. The van der Waals surface area contributed by atoms with Gasteiger partial charge in [0, 0.05) is 13.2 Å². The highest BCUT2D eigenvalue weighted by molar-refractivity contribution is 4.83. The fourth-order valence-corrected chi connectivity index (χ4v) is 2.25. The molecule has 1 rings (SSSR count). The summed E-state index contributed by atoms with van der Waals surface area (Å²) in [4.78, 5) is 0. The monoisotopic (exact) mass is 227 g/mol. The van der Waals surface area contributed by atoms with E-state index < -0.39 is 0 Å². The first kappa shape index (κ1) is 14.0. The van der Waals surface area contributed by atoms with Gasteiger partial charge < -0.3 is 10.1 Å². The summed E-state index contributed by atoms with van der Waals surface area (Å²) < 4.78 is 5.56. The molecule has 0 aliphatic heterocycles. The second-order valence-corrected chi connectivity index (χ2v) is 6.34. The topological polar surface area (TPSA) is 21.3 Å². The first-order valence-corrected chi connectivity index (χ1v) is 6.71. The average Bonchev–Trinajstić information content (AvgIpc) is 2.24. The lowest BCUT2D eigenvalue weighted by molar-refractivity contribution is 0.0387. The SMILES string of the molecule is COC1CCCCC1NCC(C)C(C)(C)C. The number of nitrogens with one attached hydrogen (secondary N) is 1. The van der Waals surface area contributed by atoms with Gasteiger partial charge in [0.25, 0.3) is 0 Å². The van der Waals surface area contributed by atoms with E-state index in [4.69, 9.17) is 4.74 Å². The molecule has 0 aromatic carbocycles. The maximum atomic E-state index is 5.56. The molecular formula is C14H29NO. The van der Waals surface area contributed by atoms with Gasteiger partial charge in [-0.15, -0.1) is 0 Å². The van der Waals surface area contributed by atoms with Crippen LogP contribution in [0.4, 0.5) is 0 Å². The standard InChI is InChI=1S/C14H29NO/c1-11(14(2,3)4)10-15-12-8-6-7-9-13(12)16-5/h11-13,15H,6-10H2,1-5H3. The molecule has 0 aromatic rings. The lowest BCUT2D eigenvalue weighted by atomic mass is 9.81. The van der Waals surface area contributed by atoms with E-state index in [0.29, 0.717) is 23.5 Å². The molecule has 2 nitrogen and oxygen atoms in total. The highest BCUT2D eigenvalue weighted by Gasteiger charge is 2.26. The third kappa shape index (κ3) is 4.06. The maximum Gasteiger partial charge on any atom is 0.0724 e. The fourth-order valence-electron chi connectivity index (χ4n) is 2.25. The Bertz CT molecular complexity index is 197. The lowest BCUT2D eigenvalue weighted by Crippen LogP contribution is -2.45. The molecule has 0 saturated heterocycles. The Kier molecular flexibility index (Phi) is 5.26. The molecule has 0 radical (unpaired) electrons. The van der Waals surface area contributed by atoms with E-state index in [9.17, 15) is 0 Å². The number of hydrogen-bond acceptors (Lipinski definition) is 2. The highest BCUT2D eigenvalue weighted by atomic mass is 16.5. The van der Waals surface area contributed by atoms with Gasteiger partial charge in [-0.2, -0.15) is 0 Å². The van der Waals surface area contributed by atoms with Crippen LogP contribution in [0.1, 0.15) is 53.4 Å². The van der Waals surface area contributed by atoms with Gasteiger partial charge in [-0.25, -0.2) is 0 Å². The van der Waals surface area contributed by atoms with E-state index in [0.717, 1.165) is 6.54 Å². The molecular weight excluding hydrogens is 198 g/mol. The number of methoxy groups -OCH3 is 1. The molecule has 0 heterocycles. The third-order valence-corrected chi connectivity index (χ3v) is 4.17. The van der Waals surface area contributed by atoms with Crippen molar-refractivity contribution in [3.63, 3.8) is 0 Å². The summed E-state index contributed by atoms with van der Waals surface area (Å²) in [5.41, 5.74) is 0.393. The number of rotatable bonds is 4. The second-order valence-electron chi connectivity index (χ2n) is 6.34. The van der Waals surface area contributed by atoms with Gasteiger partial charge in [-0.1, -0.05) is 40.5 Å². The van der Waals surface area contributed by atoms with Crippen LogP contribution in [0.15, 0.2) is 0 Å². The normalized spacial score (nSPS) is 29.1. The summed E-state index contributed by atoms with van der Waals surface area (Å²) in [6, 6.07) is 0.573. The molecule has 0 spiro atoms. The summed E-state index contributed by atoms with van der Waals surface area (Å²) in [6.07, 6.45) is 5.60. The van der Waals surface area contributed by atoms with Crippen LogP contribution in [-0.4, -0.2) is 25.8 Å². The molecule has 1 N–H and O–H groups in total. The van der Waals surface area contributed by atoms with E-state index in [-0.39, 0.29) is 0 Å². The van der Waals surface area contributed by atoms with Crippen molar-refractivity contribution in [2.75, 3.05) is 13.7 Å². The summed E-state index contributed by atoms with van der Waals surface area (Å²) in [7, 11) is 1.85. The Labute approximate surface area is 101 Å². The molecule has 0 bridgehead atoms. The summed E-state index contributed by atoms with van der Waals surface area (Å²) in [6.45, 7) is 10.4. The largest absolute Gasteiger partial charge is 0.380 e. The third-order valence-electron chi connectivity index (χ3n) is 4.17. The first-order valence-electron chi connectivity index (χ1n) is 6.71. The van der Waals surface area contributed by atoms with Gasteiger partial charge in [-0.05, 0) is 30.7 Å². The average molecular weight is 227 g/mol. The predicted molar refractivity (Wildman–Crippen MR) is 69.7 cm³/mol. The molecule has 1 aliphatic carbocycles. The van der Waals surface area contributed by atoms with Gasteiger partial charge in [0.05, 0.1) is 6.10 Å². The van der Waals surface area contributed by atoms with Crippen LogP contribution in [0.2, 0.25) is 0 Å². The molecule has 1 saturated carbocycles. The van der Waals surface area contributed by atoms with E-state index >= 15 is 0 Å². The highest BCUT2D eigenvalue weighted by Crippen LogP contribution is 2.26. The van der Waals surface area contributed by atoms with Crippen molar-refractivity contribution in [3.05, 3.63) is 0 Å². The van der Waals surface area contributed by atoms with Gasteiger partial charge >= 0.3 is 0 Å². The Balaban J connectivity index is 2.35. The molecule has 1 aliphatic rings. The zero-order valence-electron chi connectivity index (χ0n) is 11.7. The van der Waals surface area contributed by atoms with Crippen molar-refractivity contribution in [2.24, 2.45) is 11.3 Å². The fraction of sp³-hybridized carbons (Fsp3) is 1.00. The summed E-state index contributed by atoms with van der Waals surface area (Å²) >= 11 is 0. The van der Waals surface area contributed by atoms with E-state index in [1.165, 1.54) is 25.7 Å². The van der Waals surface area contributed by atoms with Crippen molar-refractivity contribution in [1.82, 2.24) is 5.32 Å². The van der Waals surface area contributed by atoms with Crippen LogP contribution in [0.25, 0.3) is 0 Å². The molecule has 16 heavy (non-hydrogen) atoms. The Morgan fingerprint density at radius 1 is 1.25 bits per heavy atom. The van der Waals surface area contributed by atoms with Crippen LogP contribution >= 0.6 is 0 Å². The smallest absolute Gasteiger partial charge is 0.0724 e. The molecule has 3 atom stereocenters. The van der Waals surface area contributed by atoms with Gasteiger partial charge in [0.15, 0.2) is 0 Å². The Morgan fingerprint density at radius 2 is 1.88 bits per heavy atom. The van der Waals surface area contributed by atoms with Gasteiger partial charge in [0.1, 0.15) is 0 Å². The van der Waals surface area contributed by atoms with Crippen molar-refractivity contribution in [2.45, 2.75) is 65.5 Å². The summed E-state index contributed by atoms with van der Waals surface area (Å²) in [5, 5.41) is 3.70. The molecule has 1 fully saturated rings. The first-order chi connectivity index (χ1) is 7.45. The van der Waals surface area contributed by atoms with Crippen molar-refractivity contribution in [1.29, 1.82) is 0 Å². The minimum Gasteiger partial charge on any atom is -0.380 e. The van der Waals surface area contributed by atoms with Crippen LogP contribution < -0.4 is 5.32 Å². The minimum atomic E-state index is 0.393. The molecule has 3 unspecified atom stereocenters. The number of ether oxygens (including phenoxy) is 1. The van der Waals surface area contributed by atoms with Crippen molar-refractivity contribution >= 4 is 0 Å². The lowest BCUT2D eigenvalue weighted by Gasteiger charge is -2.34. The zero-order valence-corrected chi connectivity index (χ0v) is 11.7. The van der Waals surface area contributed by atoms with E-state index in [1.807, 2.05) is 7.11 Å². The number of hydrogen-bond donors (Lipinski definition) is 1. The van der Waals surface area contributed by atoms with Gasteiger partial charge in [-0.3, -0.25) is 0 Å². The zero-order chi connectivity index (χ0) is 12.2. The van der Waals surface area contributed by atoms with E-state index in [2.05, 4.69) is 33.0 Å².